The Hall–Kier alpha value is 0.610. The van der Waals surface area contributed by atoms with E-state index in [1.54, 1.807) is 0 Å². The maximum Gasteiger partial charge on any atom is 0.0558 e. The molecular weight excluding hydrogens is 255 g/mol. The highest BCUT2D eigenvalue weighted by molar-refractivity contribution is 14.1. The number of aliphatic hydroxyl groups excluding tert-OH is 1. The molecule has 0 aromatic carbocycles. The monoisotopic (exact) mass is 270 g/mol. The van der Waals surface area contributed by atoms with Crippen LogP contribution in [-0.2, 0) is 0 Å². The minimum absolute atomic E-state index is 0.293. The Labute approximate surface area is 81.9 Å². The Balaban J connectivity index is 2.22. The fraction of sp³-hybridized carbons (Fsp3) is 1.00. The summed E-state index contributed by atoms with van der Waals surface area (Å²) in [4.78, 5) is 2.32. The first kappa shape index (κ1) is 9.70. The van der Waals surface area contributed by atoms with Crippen molar-refractivity contribution >= 4 is 22.9 Å². The second kappa shape index (κ2) is 5.29. The molecule has 0 aromatic rings. The molecule has 0 saturated carbocycles. The van der Waals surface area contributed by atoms with Gasteiger partial charge >= 0.3 is 0 Å². The predicted molar refractivity (Wildman–Crippen MR) is 53.7 cm³/mol. The van der Waals surface area contributed by atoms with Crippen LogP contribution in [0, 0.1) is 0 Å². The molecule has 0 unspecified atom stereocenters. The highest BCUT2D eigenvalue weighted by atomic mass is 127. The average molecular weight is 270 g/mol. The zero-order valence-electron chi connectivity index (χ0n) is 6.67. The number of aliphatic hydroxyl groups is 1. The Kier molecular flexibility index (Phi) is 4.66. The van der Waals surface area contributed by atoms with E-state index in [4.69, 9.17) is 5.11 Å². The largest absolute Gasteiger partial charge is 0.395 e. The zero-order valence-corrected chi connectivity index (χ0v) is 8.83. The van der Waals surface area contributed by atoms with E-state index in [-0.39, 0.29) is 0 Å². The molecule has 11 heavy (non-hydrogen) atoms. The molecule has 1 saturated heterocycles. The van der Waals surface area contributed by atoms with E-state index in [0.29, 0.717) is 6.61 Å². The van der Waals surface area contributed by atoms with E-state index >= 15 is 0 Å². The molecule has 1 aliphatic heterocycles. The lowest BCUT2D eigenvalue weighted by Crippen LogP contribution is -2.30. The molecule has 1 rings (SSSR count). The fourth-order valence-electron chi connectivity index (χ4n) is 1.30. The van der Waals surface area contributed by atoms with Crippen molar-refractivity contribution in [3.05, 3.63) is 0 Å². The molecule has 3 nitrogen and oxygen atoms in total. The van der Waals surface area contributed by atoms with Crippen molar-refractivity contribution in [3.8, 4) is 0 Å². The second-order valence-electron chi connectivity index (χ2n) is 2.83. The first-order chi connectivity index (χ1) is 5.33. The summed E-state index contributed by atoms with van der Waals surface area (Å²) in [5.41, 5.74) is 0. The van der Waals surface area contributed by atoms with Crippen molar-refractivity contribution in [2.45, 2.75) is 6.42 Å². The van der Waals surface area contributed by atoms with Gasteiger partial charge in [0.1, 0.15) is 0 Å². The summed E-state index contributed by atoms with van der Waals surface area (Å²) in [7, 11) is 0. The molecule has 0 spiro atoms. The number of rotatable bonds is 2. The number of hydrogen-bond donors (Lipinski definition) is 1. The molecule has 1 aliphatic rings. The van der Waals surface area contributed by atoms with Gasteiger partial charge in [-0.3, -0.25) is 4.90 Å². The summed E-state index contributed by atoms with van der Waals surface area (Å²) in [6.45, 7) is 5.68. The molecule has 1 fully saturated rings. The summed E-state index contributed by atoms with van der Waals surface area (Å²) < 4.78 is 2.31. The van der Waals surface area contributed by atoms with Crippen LogP contribution < -0.4 is 0 Å². The number of nitrogens with zero attached hydrogens (tertiary/aromatic N) is 2. The van der Waals surface area contributed by atoms with E-state index in [1.807, 2.05) is 0 Å². The van der Waals surface area contributed by atoms with Crippen LogP contribution in [0.4, 0.5) is 0 Å². The van der Waals surface area contributed by atoms with Gasteiger partial charge in [-0.15, -0.1) is 0 Å². The summed E-state index contributed by atoms with van der Waals surface area (Å²) >= 11 is 2.36. The van der Waals surface area contributed by atoms with Crippen molar-refractivity contribution in [1.29, 1.82) is 0 Å². The molecule has 0 aliphatic carbocycles. The van der Waals surface area contributed by atoms with Crippen LogP contribution in [0.15, 0.2) is 0 Å². The topological polar surface area (TPSA) is 26.7 Å². The molecule has 0 amide bonds. The molecule has 4 heteroatoms. The normalized spacial score (nSPS) is 23.5. The second-order valence-corrected chi connectivity index (χ2v) is 4.19. The van der Waals surface area contributed by atoms with E-state index in [2.05, 4.69) is 30.9 Å². The van der Waals surface area contributed by atoms with Crippen LogP contribution in [0.5, 0.6) is 0 Å². The summed E-state index contributed by atoms with van der Waals surface area (Å²) in [6, 6.07) is 0. The Bertz CT molecular complexity index is 113. The molecule has 0 aromatic heterocycles. The number of hydrogen-bond acceptors (Lipinski definition) is 3. The van der Waals surface area contributed by atoms with Crippen molar-refractivity contribution in [2.24, 2.45) is 0 Å². The predicted octanol–water partition coefficient (Wildman–Crippen LogP) is 0.336. The van der Waals surface area contributed by atoms with Gasteiger partial charge in [0.15, 0.2) is 0 Å². The third kappa shape index (κ3) is 3.68. The van der Waals surface area contributed by atoms with E-state index in [1.165, 1.54) is 13.0 Å². The van der Waals surface area contributed by atoms with Crippen LogP contribution in [0.2, 0.25) is 0 Å². The van der Waals surface area contributed by atoms with E-state index < -0.39 is 0 Å². The standard InChI is InChI=1S/C7H15IN2O/c8-10-3-1-2-9(4-5-10)6-7-11/h11H,1-7H2. The summed E-state index contributed by atoms with van der Waals surface area (Å²) in [6.07, 6.45) is 1.23. The Morgan fingerprint density at radius 2 is 2.00 bits per heavy atom. The van der Waals surface area contributed by atoms with Gasteiger partial charge in [-0.1, -0.05) is 0 Å². The summed E-state index contributed by atoms with van der Waals surface area (Å²) in [5.74, 6) is 0. The quantitative estimate of drug-likeness (QED) is 0.579. The smallest absolute Gasteiger partial charge is 0.0558 e. The molecule has 1 N–H and O–H groups in total. The van der Waals surface area contributed by atoms with Gasteiger partial charge in [0.05, 0.1) is 6.61 Å². The minimum atomic E-state index is 0.293. The van der Waals surface area contributed by atoms with Crippen molar-refractivity contribution < 1.29 is 5.11 Å². The van der Waals surface area contributed by atoms with Gasteiger partial charge in [0.25, 0.3) is 0 Å². The van der Waals surface area contributed by atoms with Gasteiger partial charge in [0.2, 0.25) is 0 Å². The van der Waals surface area contributed by atoms with Crippen LogP contribution in [0.3, 0.4) is 0 Å². The lowest BCUT2D eigenvalue weighted by molar-refractivity contribution is 0.203. The number of halogens is 1. The average Bonchev–Trinajstić information content (AvgIpc) is 2.17. The molecule has 0 atom stereocenters. The Morgan fingerprint density at radius 3 is 2.73 bits per heavy atom. The molecule has 66 valence electrons. The van der Waals surface area contributed by atoms with Crippen molar-refractivity contribution in [2.75, 3.05) is 39.3 Å². The van der Waals surface area contributed by atoms with Gasteiger partial charge in [-0.2, -0.15) is 0 Å². The highest BCUT2D eigenvalue weighted by Crippen LogP contribution is 2.06. The maximum atomic E-state index is 8.72. The van der Waals surface area contributed by atoms with Crippen LogP contribution in [0.1, 0.15) is 6.42 Å². The van der Waals surface area contributed by atoms with Gasteiger partial charge in [-0.25, -0.2) is 3.11 Å². The van der Waals surface area contributed by atoms with E-state index in [9.17, 15) is 0 Å². The Morgan fingerprint density at radius 1 is 1.18 bits per heavy atom. The zero-order chi connectivity index (χ0) is 8.10. The third-order valence-corrected chi connectivity index (χ3v) is 2.92. The lowest BCUT2D eigenvalue weighted by atomic mass is 10.4. The third-order valence-electron chi connectivity index (χ3n) is 1.95. The molecular formula is C7H15IN2O. The SMILES string of the molecule is OCCN1CCCN(I)CC1. The maximum absolute atomic E-state index is 8.72. The van der Waals surface area contributed by atoms with Crippen molar-refractivity contribution in [3.63, 3.8) is 0 Å². The van der Waals surface area contributed by atoms with Crippen LogP contribution in [-0.4, -0.2) is 52.5 Å². The first-order valence-corrected chi connectivity index (χ1v) is 5.03. The van der Waals surface area contributed by atoms with Gasteiger partial charge in [-0.05, 0) is 13.0 Å². The van der Waals surface area contributed by atoms with Gasteiger partial charge in [0, 0.05) is 49.0 Å². The lowest BCUT2D eigenvalue weighted by Gasteiger charge is -2.17. The fourth-order valence-corrected chi connectivity index (χ4v) is 1.86. The minimum Gasteiger partial charge on any atom is -0.395 e. The first-order valence-electron chi connectivity index (χ1n) is 4.07. The van der Waals surface area contributed by atoms with Gasteiger partial charge < -0.3 is 5.11 Å². The number of β-amino-alcohol motifs (C(OH)–C–C–N with tert-alkyl or cyclic N) is 1. The van der Waals surface area contributed by atoms with Crippen molar-refractivity contribution in [1.82, 2.24) is 8.01 Å². The molecule has 0 bridgehead atoms. The molecule has 1 heterocycles. The van der Waals surface area contributed by atoms with Crippen LogP contribution in [0.25, 0.3) is 0 Å². The summed E-state index contributed by atoms with van der Waals surface area (Å²) in [5, 5.41) is 8.72. The van der Waals surface area contributed by atoms with Crippen LogP contribution >= 0.6 is 22.9 Å². The highest BCUT2D eigenvalue weighted by Gasteiger charge is 2.11. The van der Waals surface area contributed by atoms with E-state index in [0.717, 1.165) is 26.2 Å². The molecule has 0 radical (unpaired) electrons.